The lowest BCUT2D eigenvalue weighted by atomic mass is 10.2. The van der Waals surface area contributed by atoms with E-state index in [9.17, 15) is 8.78 Å². The molecule has 5 nitrogen and oxygen atoms in total. The molecule has 2 heterocycles. The molecule has 0 saturated heterocycles. The summed E-state index contributed by atoms with van der Waals surface area (Å²) < 4.78 is 34.4. The highest BCUT2D eigenvalue weighted by molar-refractivity contribution is 6.29. The van der Waals surface area contributed by atoms with Crippen LogP contribution in [0.5, 0.6) is 5.75 Å². The van der Waals surface area contributed by atoms with E-state index in [2.05, 4.69) is 19.9 Å². The van der Waals surface area contributed by atoms with Crippen molar-refractivity contribution in [2.75, 3.05) is 0 Å². The van der Waals surface area contributed by atoms with Crippen LogP contribution >= 0.6 is 11.6 Å². The summed E-state index contributed by atoms with van der Waals surface area (Å²) in [5.74, 6) is 0.308. The van der Waals surface area contributed by atoms with Crippen LogP contribution < -0.4 is 4.74 Å². The van der Waals surface area contributed by atoms with E-state index in [4.69, 9.17) is 16.1 Å². The molecule has 112 valence electrons. The molecule has 0 N–H and O–H groups in total. The van der Waals surface area contributed by atoms with Crippen LogP contribution in [-0.4, -0.2) is 21.7 Å². The van der Waals surface area contributed by atoms with Gasteiger partial charge in [-0.3, -0.25) is 0 Å². The van der Waals surface area contributed by atoms with E-state index >= 15 is 0 Å². The van der Waals surface area contributed by atoms with Gasteiger partial charge in [-0.2, -0.15) is 13.8 Å². The molecule has 22 heavy (non-hydrogen) atoms. The second-order valence-corrected chi connectivity index (χ2v) is 4.55. The van der Waals surface area contributed by atoms with Gasteiger partial charge >= 0.3 is 6.61 Å². The predicted octanol–water partition coefficient (Wildman–Crippen LogP) is 4.05. The first-order chi connectivity index (χ1) is 10.6. The van der Waals surface area contributed by atoms with Crippen molar-refractivity contribution in [3.63, 3.8) is 0 Å². The van der Waals surface area contributed by atoms with Gasteiger partial charge in [0.25, 0.3) is 5.89 Å². The summed E-state index contributed by atoms with van der Waals surface area (Å²) in [6.07, 6.45) is 1.50. The van der Waals surface area contributed by atoms with Crippen molar-refractivity contribution in [2.24, 2.45) is 0 Å². The average molecular weight is 324 g/mol. The molecular weight excluding hydrogens is 316 g/mol. The SMILES string of the molecule is FC(F)Oc1ccccc1-c1noc(-c2ccnc(Cl)c2)n1. The molecule has 2 aromatic heterocycles. The molecule has 0 unspecified atom stereocenters. The quantitative estimate of drug-likeness (QED) is 0.678. The van der Waals surface area contributed by atoms with Gasteiger partial charge in [0.05, 0.1) is 5.56 Å². The van der Waals surface area contributed by atoms with Crippen LogP contribution in [0.3, 0.4) is 0 Å². The molecule has 0 amide bonds. The Morgan fingerprint density at radius 3 is 2.77 bits per heavy atom. The van der Waals surface area contributed by atoms with E-state index in [1.54, 1.807) is 30.3 Å². The van der Waals surface area contributed by atoms with Crippen LogP contribution in [0.4, 0.5) is 8.78 Å². The van der Waals surface area contributed by atoms with Crippen molar-refractivity contribution in [3.8, 4) is 28.6 Å². The molecule has 0 aliphatic heterocycles. The maximum Gasteiger partial charge on any atom is 0.387 e. The van der Waals surface area contributed by atoms with Gasteiger partial charge in [0.15, 0.2) is 0 Å². The van der Waals surface area contributed by atoms with Crippen LogP contribution in [-0.2, 0) is 0 Å². The maximum atomic E-state index is 12.4. The van der Waals surface area contributed by atoms with E-state index in [-0.39, 0.29) is 22.6 Å². The first-order valence-electron chi connectivity index (χ1n) is 6.13. The summed E-state index contributed by atoms with van der Waals surface area (Å²) in [7, 11) is 0. The lowest BCUT2D eigenvalue weighted by Crippen LogP contribution is -2.03. The molecule has 0 saturated carbocycles. The lowest BCUT2D eigenvalue weighted by Gasteiger charge is -2.07. The van der Waals surface area contributed by atoms with Gasteiger partial charge in [0, 0.05) is 11.8 Å². The summed E-state index contributed by atoms with van der Waals surface area (Å²) in [5, 5.41) is 4.06. The largest absolute Gasteiger partial charge is 0.434 e. The number of rotatable bonds is 4. The second kappa shape index (κ2) is 6.07. The van der Waals surface area contributed by atoms with Crippen molar-refractivity contribution >= 4 is 11.6 Å². The number of para-hydroxylation sites is 1. The van der Waals surface area contributed by atoms with Gasteiger partial charge in [-0.25, -0.2) is 4.98 Å². The van der Waals surface area contributed by atoms with Gasteiger partial charge in [0.1, 0.15) is 10.9 Å². The molecule has 3 rings (SSSR count). The standard InChI is InChI=1S/C14H8ClF2N3O2/c15-11-7-8(5-6-18-11)13-19-12(20-22-13)9-3-1-2-4-10(9)21-14(16)17/h1-7,14H. The Kier molecular flexibility index (Phi) is 3.97. The molecule has 0 spiro atoms. The number of hydrogen-bond donors (Lipinski definition) is 0. The van der Waals surface area contributed by atoms with E-state index in [0.29, 0.717) is 11.1 Å². The minimum absolute atomic E-state index is 0.0300. The Hall–Kier alpha value is -2.54. The number of aromatic nitrogens is 3. The predicted molar refractivity (Wildman–Crippen MR) is 74.6 cm³/mol. The Morgan fingerprint density at radius 1 is 1.18 bits per heavy atom. The zero-order chi connectivity index (χ0) is 15.5. The van der Waals surface area contributed by atoms with E-state index in [0.717, 1.165) is 0 Å². The number of nitrogens with zero attached hydrogens (tertiary/aromatic N) is 3. The van der Waals surface area contributed by atoms with Gasteiger partial charge in [-0.1, -0.05) is 28.9 Å². The van der Waals surface area contributed by atoms with Crippen molar-refractivity contribution in [1.82, 2.24) is 15.1 Å². The fraction of sp³-hybridized carbons (Fsp3) is 0.0714. The number of pyridine rings is 1. The van der Waals surface area contributed by atoms with Crippen molar-refractivity contribution in [1.29, 1.82) is 0 Å². The molecule has 0 radical (unpaired) electrons. The van der Waals surface area contributed by atoms with Crippen LogP contribution in [0.2, 0.25) is 5.15 Å². The Morgan fingerprint density at radius 2 is 2.00 bits per heavy atom. The zero-order valence-electron chi connectivity index (χ0n) is 10.9. The molecule has 0 aliphatic carbocycles. The summed E-state index contributed by atoms with van der Waals surface area (Å²) >= 11 is 5.80. The molecule has 0 atom stereocenters. The number of halogens is 3. The van der Waals surface area contributed by atoms with Crippen LogP contribution in [0.15, 0.2) is 47.1 Å². The van der Waals surface area contributed by atoms with Crippen LogP contribution in [0, 0.1) is 0 Å². The number of benzene rings is 1. The summed E-state index contributed by atoms with van der Waals surface area (Å²) in [4.78, 5) is 8.02. The number of alkyl halides is 2. The van der Waals surface area contributed by atoms with Gasteiger partial charge < -0.3 is 9.26 Å². The molecule has 3 aromatic rings. The highest BCUT2D eigenvalue weighted by atomic mass is 35.5. The maximum absolute atomic E-state index is 12.4. The molecule has 0 aliphatic rings. The van der Waals surface area contributed by atoms with Crippen molar-refractivity contribution in [2.45, 2.75) is 6.61 Å². The Balaban J connectivity index is 1.98. The van der Waals surface area contributed by atoms with Crippen molar-refractivity contribution in [3.05, 3.63) is 47.7 Å². The third-order valence-corrected chi connectivity index (χ3v) is 2.95. The summed E-state index contributed by atoms with van der Waals surface area (Å²) in [5.41, 5.74) is 0.879. The summed E-state index contributed by atoms with van der Waals surface area (Å²) in [6.45, 7) is -2.94. The van der Waals surface area contributed by atoms with E-state index in [1.165, 1.54) is 12.3 Å². The molecule has 8 heteroatoms. The zero-order valence-corrected chi connectivity index (χ0v) is 11.7. The van der Waals surface area contributed by atoms with Gasteiger partial charge in [-0.15, -0.1) is 0 Å². The topological polar surface area (TPSA) is 61.0 Å². The molecule has 0 fully saturated rings. The first-order valence-corrected chi connectivity index (χ1v) is 6.51. The third-order valence-electron chi connectivity index (χ3n) is 2.74. The average Bonchev–Trinajstić information content (AvgIpc) is 2.97. The number of hydrogen-bond acceptors (Lipinski definition) is 5. The fourth-order valence-electron chi connectivity index (χ4n) is 1.84. The lowest BCUT2D eigenvalue weighted by molar-refractivity contribution is -0.0494. The normalized spacial score (nSPS) is 10.9. The Labute approximate surface area is 128 Å². The molecular formula is C14H8ClF2N3O2. The van der Waals surface area contributed by atoms with Gasteiger partial charge in [0.2, 0.25) is 5.82 Å². The van der Waals surface area contributed by atoms with Crippen LogP contribution in [0.25, 0.3) is 22.8 Å². The van der Waals surface area contributed by atoms with Gasteiger partial charge in [-0.05, 0) is 24.3 Å². The second-order valence-electron chi connectivity index (χ2n) is 4.17. The highest BCUT2D eigenvalue weighted by Gasteiger charge is 2.16. The monoisotopic (exact) mass is 323 g/mol. The minimum atomic E-state index is -2.94. The fourth-order valence-corrected chi connectivity index (χ4v) is 2.01. The highest BCUT2D eigenvalue weighted by Crippen LogP contribution is 2.30. The first kappa shape index (κ1) is 14.4. The minimum Gasteiger partial charge on any atom is -0.434 e. The summed E-state index contributed by atoms with van der Waals surface area (Å²) in [6, 6.07) is 9.40. The smallest absolute Gasteiger partial charge is 0.387 e. The molecule has 1 aromatic carbocycles. The molecule has 0 bridgehead atoms. The van der Waals surface area contributed by atoms with Crippen molar-refractivity contribution < 1.29 is 18.0 Å². The third kappa shape index (κ3) is 3.04. The number of ether oxygens (including phenoxy) is 1. The Bertz CT molecular complexity index is 795. The van der Waals surface area contributed by atoms with E-state index in [1.807, 2.05) is 0 Å². The van der Waals surface area contributed by atoms with E-state index < -0.39 is 6.61 Å². The van der Waals surface area contributed by atoms with Crippen LogP contribution in [0.1, 0.15) is 0 Å².